The fourth-order valence-corrected chi connectivity index (χ4v) is 3.01. The molecule has 6 heteroatoms. The minimum atomic E-state index is 0.450. The molecule has 0 aromatic carbocycles. The molecule has 102 valence electrons. The molecule has 3 aromatic rings. The second-order valence-corrected chi connectivity index (χ2v) is 5.17. The molecule has 0 aliphatic carbocycles. The Morgan fingerprint density at radius 1 is 1.20 bits per heavy atom. The van der Waals surface area contributed by atoms with E-state index in [1.54, 1.807) is 0 Å². The summed E-state index contributed by atoms with van der Waals surface area (Å²) in [6.07, 6.45) is 5.89. The average molecular weight is 288 g/mol. The van der Waals surface area contributed by atoms with Gasteiger partial charge in [0.2, 0.25) is 0 Å². The molecule has 4 rings (SSSR count). The first-order valence-electron chi connectivity index (χ1n) is 6.63. The largest absolute Gasteiger partial charge is 0.346 e. The predicted octanol–water partition coefficient (Wildman–Crippen LogP) is 2.29. The van der Waals surface area contributed by atoms with Crippen LogP contribution in [0.25, 0.3) is 5.65 Å². The molecule has 20 heavy (non-hydrogen) atoms. The third-order valence-corrected chi connectivity index (χ3v) is 4.03. The first kappa shape index (κ1) is 11.8. The van der Waals surface area contributed by atoms with Crippen molar-refractivity contribution in [2.45, 2.75) is 19.0 Å². The Morgan fingerprint density at radius 3 is 3.05 bits per heavy atom. The van der Waals surface area contributed by atoms with Gasteiger partial charge in [-0.05, 0) is 12.1 Å². The second kappa shape index (κ2) is 4.52. The lowest BCUT2D eigenvalue weighted by Crippen LogP contribution is -2.34. The van der Waals surface area contributed by atoms with Crippen LogP contribution >= 0.6 is 11.6 Å². The van der Waals surface area contributed by atoms with Gasteiger partial charge in [0, 0.05) is 31.7 Å². The van der Waals surface area contributed by atoms with Crippen molar-refractivity contribution in [3.63, 3.8) is 0 Å². The summed E-state index contributed by atoms with van der Waals surface area (Å²) in [5.74, 6) is 2.50. The molecule has 0 radical (unpaired) electrons. The van der Waals surface area contributed by atoms with Crippen LogP contribution in [0.2, 0.25) is 0 Å². The van der Waals surface area contributed by atoms with Crippen LogP contribution in [0.5, 0.6) is 0 Å². The number of fused-ring (bicyclic) bond motifs is 2. The highest BCUT2D eigenvalue weighted by Gasteiger charge is 2.22. The fraction of sp³-hybridized carbons (Fsp3) is 0.286. The van der Waals surface area contributed by atoms with Gasteiger partial charge in [0.05, 0.1) is 18.1 Å². The van der Waals surface area contributed by atoms with Crippen molar-refractivity contribution < 1.29 is 0 Å². The van der Waals surface area contributed by atoms with Crippen LogP contribution in [0, 0.1) is 0 Å². The number of imidazole rings is 2. The number of pyridine rings is 1. The minimum Gasteiger partial charge on any atom is -0.346 e. The zero-order valence-corrected chi connectivity index (χ0v) is 11.7. The molecule has 0 N–H and O–H groups in total. The third kappa shape index (κ3) is 1.70. The second-order valence-electron chi connectivity index (χ2n) is 4.90. The molecular weight excluding hydrogens is 274 g/mol. The third-order valence-electron chi connectivity index (χ3n) is 3.78. The summed E-state index contributed by atoms with van der Waals surface area (Å²) in [6.45, 7) is 2.64. The quantitative estimate of drug-likeness (QED) is 0.679. The van der Waals surface area contributed by atoms with Gasteiger partial charge in [-0.1, -0.05) is 6.07 Å². The molecule has 3 aromatic heterocycles. The minimum absolute atomic E-state index is 0.450. The van der Waals surface area contributed by atoms with Crippen LogP contribution in [-0.4, -0.2) is 25.5 Å². The fourth-order valence-electron chi connectivity index (χ4n) is 2.77. The normalized spacial score (nSPS) is 14.8. The first-order valence-corrected chi connectivity index (χ1v) is 7.17. The van der Waals surface area contributed by atoms with Crippen LogP contribution < -0.4 is 4.90 Å². The summed E-state index contributed by atoms with van der Waals surface area (Å²) in [5.41, 5.74) is 1.98. The topological polar surface area (TPSA) is 38.4 Å². The number of alkyl halides is 1. The Hall–Kier alpha value is -2.01. The van der Waals surface area contributed by atoms with E-state index < -0.39 is 0 Å². The predicted molar refractivity (Wildman–Crippen MR) is 78.0 cm³/mol. The van der Waals surface area contributed by atoms with Crippen LogP contribution in [-0.2, 0) is 19.0 Å². The monoisotopic (exact) mass is 287 g/mol. The van der Waals surface area contributed by atoms with Gasteiger partial charge in [-0.3, -0.25) is 0 Å². The molecule has 1 aliphatic rings. The lowest BCUT2D eigenvalue weighted by molar-refractivity contribution is 0.556. The van der Waals surface area contributed by atoms with Crippen molar-refractivity contribution in [2.75, 3.05) is 11.4 Å². The molecule has 0 unspecified atom stereocenters. The van der Waals surface area contributed by atoms with Crippen molar-refractivity contribution in [2.24, 2.45) is 0 Å². The van der Waals surface area contributed by atoms with Crippen LogP contribution in [0.1, 0.15) is 11.5 Å². The van der Waals surface area contributed by atoms with E-state index in [2.05, 4.69) is 18.9 Å². The van der Waals surface area contributed by atoms with Crippen molar-refractivity contribution >= 4 is 23.1 Å². The van der Waals surface area contributed by atoms with Gasteiger partial charge in [-0.15, -0.1) is 11.6 Å². The molecule has 0 saturated carbocycles. The number of rotatable bonds is 2. The standard InChI is InChI=1S/C14H14ClN5/c15-9-11-14(17-12-3-1-2-5-20(11)12)19-8-7-18-6-4-16-13(18)10-19/h1-6H,7-10H2. The Bertz CT molecular complexity index is 760. The average Bonchev–Trinajstić information content (AvgIpc) is 3.10. The summed E-state index contributed by atoms with van der Waals surface area (Å²) in [4.78, 5) is 11.4. The molecule has 0 spiro atoms. The number of hydrogen-bond donors (Lipinski definition) is 0. The van der Waals surface area contributed by atoms with Gasteiger partial charge in [0.25, 0.3) is 0 Å². The lowest BCUT2D eigenvalue weighted by atomic mass is 10.3. The number of aromatic nitrogens is 4. The zero-order valence-electron chi connectivity index (χ0n) is 10.9. The van der Waals surface area contributed by atoms with E-state index >= 15 is 0 Å². The van der Waals surface area contributed by atoms with E-state index in [0.29, 0.717) is 5.88 Å². The summed E-state index contributed by atoms with van der Waals surface area (Å²) < 4.78 is 4.25. The summed E-state index contributed by atoms with van der Waals surface area (Å²) in [6, 6.07) is 5.99. The highest BCUT2D eigenvalue weighted by molar-refractivity contribution is 6.17. The molecule has 5 nitrogen and oxygen atoms in total. The molecule has 0 atom stereocenters. The Balaban J connectivity index is 1.79. The molecule has 0 saturated heterocycles. The van der Waals surface area contributed by atoms with Crippen LogP contribution in [0.4, 0.5) is 5.82 Å². The maximum atomic E-state index is 6.14. The number of hydrogen-bond acceptors (Lipinski definition) is 3. The molecule has 4 heterocycles. The molecular formula is C14H14ClN5. The van der Waals surface area contributed by atoms with Gasteiger partial charge in [-0.2, -0.15) is 0 Å². The van der Waals surface area contributed by atoms with Crippen LogP contribution in [0.15, 0.2) is 36.8 Å². The van der Waals surface area contributed by atoms with E-state index in [9.17, 15) is 0 Å². The van der Waals surface area contributed by atoms with Crippen molar-refractivity contribution in [1.29, 1.82) is 0 Å². The Morgan fingerprint density at radius 2 is 2.15 bits per heavy atom. The van der Waals surface area contributed by atoms with E-state index in [-0.39, 0.29) is 0 Å². The molecule has 0 amide bonds. The van der Waals surface area contributed by atoms with Gasteiger partial charge >= 0.3 is 0 Å². The molecule has 0 bridgehead atoms. The molecule has 1 aliphatic heterocycles. The summed E-state index contributed by atoms with van der Waals surface area (Å²) >= 11 is 6.14. The van der Waals surface area contributed by atoms with E-state index in [1.165, 1.54) is 0 Å². The van der Waals surface area contributed by atoms with Gasteiger partial charge in [0.1, 0.15) is 11.5 Å². The lowest BCUT2D eigenvalue weighted by Gasteiger charge is -2.28. The highest BCUT2D eigenvalue weighted by Crippen LogP contribution is 2.26. The van der Waals surface area contributed by atoms with E-state index in [0.717, 1.165) is 42.6 Å². The van der Waals surface area contributed by atoms with Crippen molar-refractivity contribution in [3.8, 4) is 0 Å². The summed E-state index contributed by atoms with van der Waals surface area (Å²) in [5, 5.41) is 0. The van der Waals surface area contributed by atoms with Crippen LogP contribution in [0.3, 0.4) is 0 Å². The SMILES string of the molecule is ClCc1c(N2CCn3ccnc3C2)nc2ccccn12. The maximum Gasteiger partial charge on any atom is 0.152 e. The van der Waals surface area contributed by atoms with Gasteiger partial charge in [0.15, 0.2) is 5.82 Å². The van der Waals surface area contributed by atoms with Gasteiger partial charge < -0.3 is 13.9 Å². The van der Waals surface area contributed by atoms with E-state index in [4.69, 9.17) is 16.6 Å². The zero-order chi connectivity index (χ0) is 13.5. The number of halogens is 1. The highest BCUT2D eigenvalue weighted by atomic mass is 35.5. The smallest absolute Gasteiger partial charge is 0.152 e. The van der Waals surface area contributed by atoms with E-state index in [1.807, 2.05) is 36.8 Å². The Labute approximate surface area is 121 Å². The van der Waals surface area contributed by atoms with Crippen molar-refractivity contribution in [3.05, 3.63) is 48.3 Å². The van der Waals surface area contributed by atoms with Gasteiger partial charge in [-0.25, -0.2) is 9.97 Å². The molecule has 0 fully saturated rings. The number of nitrogens with zero attached hydrogens (tertiary/aromatic N) is 5. The first-order chi connectivity index (χ1) is 9.86. The number of anilines is 1. The Kier molecular flexibility index (Phi) is 2.67. The van der Waals surface area contributed by atoms with Crippen molar-refractivity contribution in [1.82, 2.24) is 18.9 Å². The maximum absolute atomic E-state index is 6.14. The summed E-state index contributed by atoms with van der Waals surface area (Å²) in [7, 11) is 0.